The number of amides is 1. The van der Waals surface area contributed by atoms with Gasteiger partial charge in [0.05, 0.1) is 17.8 Å². The Kier molecular flexibility index (Phi) is 6.32. The van der Waals surface area contributed by atoms with Crippen molar-refractivity contribution in [2.75, 3.05) is 25.5 Å². The number of aryl methyl sites for hydroxylation is 2. The largest absolute Gasteiger partial charge is 0.508 e. The Balaban J connectivity index is 1.54. The molecule has 3 heterocycles. The van der Waals surface area contributed by atoms with Gasteiger partial charge in [-0.25, -0.2) is 9.97 Å². The molecule has 1 fully saturated rings. The zero-order valence-corrected chi connectivity index (χ0v) is 21.0. The monoisotopic (exact) mass is 485 g/mol. The summed E-state index contributed by atoms with van der Waals surface area (Å²) < 4.78 is 1.91. The maximum absolute atomic E-state index is 13.7. The normalized spacial score (nSPS) is 13.6. The number of hydrogen-bond donors (Lipinski definition) is 3. The van der Waals surface area contributed by atoms with Crippen LogP contribution in [0.5, 0.6) is 5.75 Å². The Labute approximate surface area is 210 Å². The highest BCUT2D eigenvalue weighted by Crippen LogP contribution is 2.28. The number of fused-ring (bicyclic) bond motifs is 1. The smallest absolute Gasteiger partial charge is 0.273 e. The maximum atomic E-state index is 13.7. The van der Waals surface area contributed by atoms with Crippen molar-refractivity contribution < 1.29 is 9.90 Å². The molecule has 5 rings (SSSR count). The SMILES string of the molecule is CCn1ncc(CN(C)C(=O)c2nc(-c3cc(C)cc(NC4CNC4)c3)nc3ccc(O)cc23)c1C. The lowest BCUT2D eigenvalue weighted by Gasteiger charge is -2.29. The quantitative estimate of drug-likeness (QED) is 0.368. The van der Waals surface area contributed by atoms with E-state index in [1.165, 1.54) is 0 Å². The standard InChI is InChI=1S/C27H31N7O2/c1-5-34-17(3)19(12-29-34)15-33(4)27(36)25-23-11-22(35)6-7-24(23)31-26(32-25)18-8-16(2)9-20(10-18)30-21-13-28-14-21/h6-12,21,28,30,35H,5,13-15H2,1-4H3. The predicted molar refractivity (Wildman–Crippen MR) is 140 cm³/mol. The van der Waals surface area contributed by atoms with Gasteiger partial charge in [0.15, 0.2) is 5.82 Å². The molecule has 9 heteroatoms. The molecule has 0 unspecified atom stereocenters. The molecular formula is C27H31N7O2. The highest BCUT2D eigenvalue weighted by Gasteiger charge is 2.22. The molecule has 3 N–H and O–H groups in total. The van der Waals surface area contributed by atoms with E-state index in [2.05, 4.69) is 21.8 Å². The summed E-state index contributed by atoms with van der Waals surface area (Å²) in [6, 6.07) is 11.4. The van der Waals surface area contributed by atoms with E-state index >= 15 is 0 Å². The number of phenols is 1. The van der Waals surface area contributed by atoms with Crippen molar-refractivity contribution in [3.8, 4) is 17.1 Å². The number of aromatic nitrogens is 4. The lowest BCUT2D eigenvalue weighted by molar-refractivity contribution is 0.0781. The lowest BCUT2D eigenvalue weighted by atomic mass is 10.1. The lowest BCUT2D eigenvalue weighted by Crippen LogP contribution is -2.51. The Hall–Kier alpha value is -3.98. The molecule has 1 saturated heterocycles. The van der Waals surface area contributed by atoms with Crippen LogP contribution in [0, 0.1) is 13.8 Å². The van der Waals surface area contributed by atoms with Gasteiger partial charge in [-0.2, -0.15) is 5.10 Å². The Morgan fingerprint density at radius 2 is 2.00 bits per heavy atom. The summed E-state index contributed by atoms with van der Waals surface area (Å²) in [6.07, 6.45) is 1.80. The third-order valence-corrected chi connectivity index (χ3v) is 6.63. The second kappa shape index (κ2) is 9.58. The zero-order chi connectivity index (χ0) is 25.4. The van der Waals surface area contributed by atoms with Crippen LogP contribution in [0.4, 0.5) is 5.69 Å². The minimum atomic E-state index is -0.246. The number of rotatable bonds is 7. The van der Waals surface area contributed by atoms with Gasteiger partial charge in [0.1, 0.15) is 11.4 Å². The number of aromatic hydroxyl groups is 1. The number of benzene rings is 2. The molecule has 0 radical (unpaired) electrons. The molecule has 4 aromatic rings. The molecule has 0 spiro atoms. The third-order valence-electron chi connectivity index (χ3n) is 6.63. The van der Waals surface area contributed by atoms with Crippen molar-refractivity contribution in [3.05, 3.63) is 65.1 Å². The van der Waals surface area contributed by atoms with Gasteiger partial charge in [-0.05, 0) is 62.7 Å². The van der Waals surface area contributed by atoms with Crippen molar-refractivity contribution >= 4 is 22.5 Å². The van der Waals surface area contributed by atoms with Crippen molar-refractivity contribution in [2.45, 2.75) is 39.9 Å². The molecule has 0 atom stereocenters. The van der Waals surface area contributed by atoms with Gasteiger partial charge in [0.2, 0.25) is 0 Å². The average molecular weight is 486 g/mol. The minimum absolute atomic E-state index is 0.0618. The number of nitrogens with one attached hydrogen (secondary N) is 2. The summed E-state index contributed by atoms with van der Waals surface area (Å²) in [4.78, 5) is 24.8. The number of nitrogens with zero attached hydrogens (tertiary/aromatic N) is 5. The molecule has 36 heavy (non-hydrogen) atoms. The van der Waals surface area contributed by atoms with Gasteiger partial charge < -0.3 is 20.6 Å². The minimum Gasteiger partial charge on any atom is -0.508 e. The molecular weight excluding hydrogens is 454 g/mol. The summed E-state index contributed by atoms with van der Waals surface area (Å²) in [6.45, 7) is 9.11. The molecule has 2 aromatic carbocycles. The van der Waals surface area contributed by atoms with Crippen LogP contribution in [-0.4, -0.2) is 61.8 Å². The molecule has 0 aliphatic carbocycles. The topological polar surface area (TPSA) is 108 Å². The van der Waals surface area contributed by atoms with E-state index < -0.39 is 0 Å². The van der Waals surface area contributed by atoms with Crippen LogP contribution in [0.2, 0.25) is 0 Å². The molecule has 9 nitrogen and oxygen atoms in total. The fourth-order valence-electron chi connectivity index (χ4n) is 4.50. The van der Waals surface area contributed by atoms with Crippen LogP contribution in [-0.2, 0) is 13.1 Å². The molecule has 0 saturated carbocycles. The first-order valence-corrected chi connectivity index (χ1v) is 12.2. The summed E-state index contributed by atoms with van der Waals surface area (Å²) >= 11 is 0. The van der Waals surface area contributed by atoms with E-state index in [9.17, 15) is 9.90 Å². The van der Waals surface area contributed by atoms with Crippen molar-refractivity contribution in [1.29, 1.82) is 0 Å². The number of carbonyl (C=O) groups excluding carboxylic acids is 1. The molecule has 1 aliphatic rings. The fourth-order valence-corrected chi connectivity index (χ4v) is 4.50. The van der Waals surface area contributed by atoms with Crippen LogP contribution in [0.1, 0.15) is 34.2 Å². The molecule has 1 amide bonds. The van der Waals surface area contributed by atoms with Crippen molar-refractivity contribution in [2.24, 2.45) is 0 Å². The molecule has 1 aliphatic heterocycles. The maximum Gasteiger partial charge on any atom is 0.273 e. The van der Waals surface area contributed by atoms with Gasteiger partial charge in [-0.3, -0.25) is 9.48 Å². The first kappa shape index (κ1) is 23.7. The van der Waals surface area contributed by atoms with E-state index in [1.807, 2.05) is 37.6 Å². The highest BCUT2D eigenvalue weighted by atomic mass is 16.3. The van der Waals surface area contributed by atoms with Crippen LogP contribution in [0.25, 0.3) is 22.3 Å². The average Bonchev–Trinajstić information content (AvgIpc) is 3.18. The molecule has 2 aromatic heterocycles. The Morgan fingerprint density at radius 1 is 1.19 bits per heavy atom. The predicted octanol–water partition coefficient (Wildman–Crippen LogP) is 3.49. The van der Waals surface area contributed by atoms with Crippen LogP contribution >= 0.6 is 0 Å². The first-order valence-electron chi connectivity index (χ1n) is 12.2. The van der Waals surface area contributed by atoms with E-state index in [1.54, 1.807) is 36.3 Å². The number of anilines is 1. The van der Waals surface area contributed by atoms with Crippen LogP contribution in [0.15, 0.2) is 42.6 Å². The van der Waals surface area contributed by atoms with Crippen molar-refractivity contribution in [1.82, 2.24) is 30.0 Å². The summed E-state index contributed by atoms with van der Waals surface area (Å²) in [7, 11) is 1.75. The zero-order valence-electron chi connectivity index (χ0n) is 21.0. The number of phenolic OH excluding ortho intramolecular Hbond substituents is 1. The van der Waals surface area contributed by atoms with E-state index in [0.29, 0.717) is 29.3 Å². The van der Waals surface area contributed by atoms with E-state index in [-0.39, 0.29) is 17.4 Å². The second-order valence-corrected chi connectivity index (χ2v) is 9.42. The summed E-state index contributed by atoms with van der Waals surface area (Å²) in [5.41, 5.74) is 5.77. The van der Waals surface area contributed by atoms with Crippen LogP contribution < -0.4 is 10.6 Å². The van der Waals surface area contributed by atoms with Gasteiger partial charge >= 0.3 is 0 Å². The van der Waals surface area contributed by atoms with Gasteiger partial charge in [0.25, 0.3) is 5.91 Å². The first-order chi connectivity index (χ1) is 17.3. The van der Waals surface area contributed by atoms with E-state index in [0.717, 1.165) is 47.7 Å². The second-order valence-electron chi connectivity index (χ2n) is 9.42. The number of hydrogen-bond acceptors (Lipinski definition) is 7. The third kappa shape index (κ3) is 4.61. The summed E-state index contributed by atoms with van der Waals surface area (Å²) in [5.74, 6) is 0.287. The van der Waals surface area contributed by atoms with Crippen molar-refractivity contribution in [3.63, 3.8) is 0 Å². The van der Waals surface area contributed by atoms with E-state index in [4.69, 9.17) is 9.97 Å². The molecule has 0 bridgehead atoms. The Morgan fingerprint density at radius 3 is 2.69 bits per heavy atom. The summed E-state index contributed by atoms with van der Waals surface area (Å²) in [5, 5.41) is 21.9. The Bertz CT molecular complexity index is 1440. The van der Waals surface area contributed by atoms with Gasteiger partial charge in [-0.15, -0.1) is 0 Å². The van der Waals surface area contributed by atoms with Crippen LogP contribution in [0.3, 0.4) is 0 Å². The highest BCUT2D eigenvalue weighted by molar-refractivity contribution is 6.05. The van der Waals surface area contributed by atoms with Gasteiger partial charge in [-0.1, -0.05) is 0 Å². The fraction of sp³-hybridized carbons (Fsp3) is 0.333. The number of carbonyl (C=O) groups is 1. The molecule has 186 valence electrons. The van der Waals surface area contributed by atoms with Gasteiger partial charge in [0, 0.05) is 61.1 Å².